The van der Waals surface area contributed by atoms with E-state index in [-0.39, 0.29) is 0 Å². The summed E-state index contributed by atoms with van der Waals surface area (Å²) in [5.41, 5.74) is 1.10. The van der Waals surface area contributed by atoms with E-state index in [2.05, 4.69) is 37.9 Å². The van der Waals surface area contributed by atoms with Crippen molar-refractivity contribution in [3.63, 3.8) is 0 Å². The third-order valence-corrected chi connectivity index (χ3v) is 5.17. The lowest BCUT2D eigenvalue weighted by molar-refractivity contribution is 0.181. The molecule has 1 N–H and O–H groups in total. The number of aromatic nitrogens is 1. The zero-order chi connectivity index (χ0) is 15.4. The van der Waals surface area contributed by atoms with Crippen molar-refractivity contribution in [2.75, 3.05) is 18.6 Å². The minimum absolute atomic E-state index is 0.487. The van der Waals surface area contributed by atoms with E-state index < -0.39 is 0 Å². The third kappa shape index (κ3) is 4.18. The first-order valence-electron chi connectivity index (χ1n) is 8.00. The minimum atomic E-state index is 0.487. The number of anilines is 1. The second kappa shape index (κ2) is 7.56. The molecule has 120 valence electrons. The van der Waals surface area contributed by atoms with Crippen molar-refractivity contribution in [2.24, 2.45) is 5.92 Å². The average Bonchev–Trinajstić information content (AvgIpc) is 3.02. The van der Waals surface area contributed by atoms with Crippen LogP contribution >= 0.6 is 11.3 Å². The van der Waals surface area contributed by atoms with Gasteiger partial charge in [0.25, 0.3) is 0 Å². The van der Waals surface area contributed by atoms with Gasteiger partial charge in [-0.15, -0.1) is 11.3 Å². The van der Waals surface area contributed by atoms with Gasteiger partial charge in [-0.2, -0.15) is 0 Å². The van der Waals surface area contributed by atoms with Gasteiger partial charge in [0.15, 0.2) is 5.13 Å². The number of nitrogens with one attached hydrogen (secondary N) is 1. The predicted molar refractivity (Wildman–Crippen MR) is 90.0 cm³/mol. The smallest absolute Gasteiger partial charge is 0.186 e. The van der Waals surface area contributed by atoms with Crippen molar-refractivity contribution >= 4 is 16.5 Å². The van der Waals surface area contributed by atoms with Crippen LogP contribution in [0.3, 0.4) is 0 Å². The number of hydrogen-bond acceptors (Lipinski definition) is 5. The summed E-state index contributed by atoms with van der Waals surface area (Å²) in [4.78, 5) is 8.69. The predicted octanol–water partition coefficient (Wildman–Crippen LogP) is 3.41. The Labute approximate surface area is 132 Å². The summed E-state index contributed by atoms with van der Waals surface area (Å²) in [5, 5.41) is 4.67. The van der Waals surface area contributed by atoms with Crippen LogP contribution in [0.15, 0.2) is 0 Å². The fourth-order valence-electron chi connectivity index (χ4n) is 2.90. The van der Waals surface area contributed by atoms with Crippen LogP contribution in [0, 0.1) is 5.92 Å². The molecular formula is C16H29N3OS. The first kappa shape index (κ1) is 16.7. The maximum absolute atomic E-state index is 5.32. The molecule has 1 aromatic rings. The van der Waals surface area contributed by atoms with E-state index >= 15 is 0 Å². The molecule has 0 saturated carbocycles. The molecule has 21 heavy (non-hydrogen) atoms. The Bertz CT molecular complexity index is 445. The van der Waals surface area contributed by atoms with Gasteiger partial charge >= 0.3 is 0 Å². The maximum Gasteiger partial charge on any atom is 0.186 e. The highest BCUT2D eigenvalue weighted by molar-refractivity contribution is 7.15. The molecule has 2 heterocycles. The molecular weight excluding hydrogens is 282 g/mol. The van der Waals surface area contributed by atoms with Gasteiger partial charge in [0.05, 0.1) is 12.3 Å². The van der Waals surface area contributed by atoms with Crippen molar-refractivity contribution in [3.8, 4) is 0 Å². The lowest BCUT2D eigenvalue weighted by atomic mass is 10.0. The second-order valence-electron chi connectivity index (χ2n) is 6.48. The molecule has 0 amide bonds. The number of hydrogen-bond donors (Lipinski definition) is 1. The Kier molecular flexibility index (Phi) is 6.02. The SMILES string of the molecule is COCc1nc(N2CCCC2C(C)C)sc1CNC(C)C. The van der Waals surface area contributed by atoms with Crippen LogP contribution in [0.4, 0.5) is 5.13 Å². The molecule has 0 bridgehead atoms. The zero-order valence-electron chi connectivity index (χ0n) is 14.0. The van der Waals surface area contributed by atoms with Crippen LogP contribution in [0.25, 0.3) is 0 Å². The number of thiazole rings is 1. The van der Waals surface area contributed by atoms with Crippen LogP contribution in [0.5, 0.6) is 0 Å². The second-order valence-corrected chi connectivity index (χ2v) is 7.54. The van der Waals surface area contributed by atoms with Gasteiger partial charge < -0.3 is 15.0 Å². The monoisotopic (exact) mass is 311 g/mol. The van der Waals surface area contributed by atoms with Crippen LogP contribution in [-0.2, 0) is 17.9 Å². The summed E-state index contributed by atoms with van der Waals surface area (Å²) in [6.45, 7) is 11.6. The summed E-state index contributed by atoms with van der Waals surface area (Å²) in [6, 6.07) is 1.12. The average molecular weight is 311 g/mol. The molecule has 0 spiro atoms. The fourth-order valence-corrected chi connectivity index (χ4v) is 4.00. The standard InChI is InChI=1S/C16H29N3OS/c1-11(2)14-7-6-8-19(14)16-18-13(10-20-5)15(21-16)9-17-12(3)4/h11-12,14,17H,6-10H2,1-5H3. The van der Waals surface area contributed by atoms with Crippen molar-refractivity contribution in [1.29, 1.82) is 0 Å². The molecule has 1 fully saturated rings. The largest absolute Gasteiger partial charge is 0.378 e. The van der Waals surface area contributed by atoms with Gasteiger partial charge in [0, 0.05) is 37.2 Å². The molecule has 4 nitrogen and oxygen atoms in total. The summed E-state index contributed by atoms with van der Waals surface area (Å²) in [6.07, 6.45) is 2.57. The number of ether oxygens (including phenoxy) is 1. The van der Waals surface area contributed by atoms with Gasteiger partial charge in [0.1, 0.15) is 0 Å². The highest BCUT2D eigenvalue weighted by Crippen LogP contribution is 2.34. The molecule has 1 atom stereocenters. The van der Waals surface area contributed by atoms with E-state index in [0.717, 1.165) is 18.8 Å². The topological polar surface area (TPSA) is 37.4 Å². The third-order valence-electron chi connectivity index (χ3n) is 4.03. The van der Waals surface area contributed by atoms with E-state index in [9.17, 15) is 0 Å². The maximum atomic E-state index is 5.32. The highest BCUT2D eigenvalue weighted by Gasteiger charge is 2.29. The Morgan fingerprint density at radius 1 is 1.38 bits per heavy atom. The number of rotatable bonds is 7. The lowest BCUT2D eigenvalue weighted by Crippen LogP contribution is -2.33. The van der Waals surface area contributed by atoms with Crippen molar-refractivity contribution < 1.29 is 4.74 Å². The van der Waals surface area contributed by atoms with Gasteiger partial charge in [-0.3, -0.25) is 0 Å². The molecule has 1 saturated heterocycles. The van der Waals surface area contributed by atoms with Crippen molar-refractivity contribution in [3.05, 3.63) is 10.6 Å². The van der Waals surface area contributed by atoms with E-state index in [1.165, 1.54) is 22.9 Å². The van der Waals surface area contributed by atoms with Gasteiger partial charge in [0.2, 0.25) is 0 Å². The molecule has 0 aliphatic carbocycles. The minimum Gasteiger partial charge on any atom is -0.378 e. The van der Waals surface area contributed by atoms with Crippen LogP contribution < -0.4 is 10.2 Å². The molecule has 5 heteroatoms. The number of nitrogens with zero attached hydrogens (tertiary/aromatic N) is 2. The van der Waals surface area contributed by atoms with Crippen molar-refractivity contribution in [1.82, 2.24) is 10.3 Å². The molecule has 0 radical (unpaired) electrons. The van der Waals surface area contributed by atoms with Crippen molar-refractivity contribution in [2.45, 2.75) is 65.8 Å². The van der Waals surface area contributed by atoms with E-state index in [4.69, 9.17) is 9.72 Å². The molecule has 1 aromatic heterocycles. The van der Waals surface area contributed by atoms with E-state index in [0.29, 0.717) is 24.6 Å². The normalized spacial score (nSPS) is 19.2. The Hall–Kier alpha value is -0.650. The Morgan fingerprint density at radius 3 is 2.76 bits per heavy atom. The first-order chi connectivity index (χ1) is 10.0. The summed E-state index contributed by atoms with van der Waals surface area (Å²) in [7, 11) is 1.74. The Morgan fingerprint density at radius 2 is 2.14 bits per heavy atom. The first-order valence-corrected chi connectivity index (χ1v) is 8.82. The van der Waals surface area contributed by atoms with E-state index in [1.54, 1.807) is 7.11 Å². The van der Waals surface area contributed by atoms with Crippen LogP contribution in [0.2, 0.25) is 0 Å². The van der Waals surface area contributed by atoms with Crippen LogP contribution in [0.1, 0.15) is 51.1 Å². The Balaban J connectivity index is 2.17. The van der Waals surface area contributed by atoms with Gasteiger partial charge in [-0.05, 0) is 18.8 Å². The van der Waals surface area contributed by atoms with Crippen LogP contribution in [-0.4, -0.2) is 30.7 Å². The quantitative estimate of drug-likeness (QED) is 0.837. The zero-order valence-corrected chi connectivity index (χ0v) is 14.8. The summed E-state index contributed by atoms with van der Waals surface area (Å²) < 4.78 is 5.32. The molecule has 2 rings (SSSR count). The van der Waals surface area contributed by atoms with Gasteiger partial charge in [-0.1, -0.05) is 27.7 Å². The lowest BCUT2D eigenvalue weighted by Gasteiger charge is -2.27. The summed E-state index contributed by atoms with van der Waals surface area (Å²) >= 11 is 1.83. The van der Waals surface area contributed by atoms with E-state index in [1.807, 2.05) is 11.3 Å². The molecule has 1 aliphatic heterocycles. The summed E-state index contributed by atoms with van der Waals surface area (Å²) in [5.74, 6) is 0.680. The highest BCUT2D eigenvalue weighted by atomic mass is 32.1. The number of methoxy groups -OCH3 is 1. The molecule has 0 aromatic carbocycles. The molecule has 1 aliphatic rings. The fraction of sp³-hybridized carbons (Fsp3) is 0.812. The van der Waals surface area contributed by atoms with Gasteiger partial charge in [-0.25, -0.2) is 4.98 Å². The molecule has 1 unspecified atom stereocenters.